The maximum atomic E-state index is 11.3. The van der Waals surface area contributed by atoms with Crippen molar-refractivity contribution in [3.05, 3.63) is 35.5 Å². The van der Waals surface area contributed by atoms with Crippen LogP contribution in [0, 0.1) is 12.3 Å². The zero-order valence-corrected chi connectivity index (χ0v) is 10.7. The lowest BCUT2D eigenvalue weighted by Gasteiger charge is -2.10. The number of aromatic nitrogens is 1. The molecule has 1 N–H and O–H groups in total. The summed E-state index contributed by atoms with van der Waals surface area (Å²) in [5, 5.41) is 10.5. The van der Waals surface area contributed by atoms with Crippen molar-refractivity contribution >= 4 is 16.9 Å². The zero-order valence-electron chi connectivity index (χ0n) is 10.7. The van der Waals surface area contributed by atoms with E-state index in [1.807, 2.05) is 19.2 Å². The van der Waals surface area contributed by atoms with Gasteiger partial charge < -0.3 is 9.67 Å². The van der Waals surface area contributed by atoms with Crippen molar-refractivity contribution in [1.29, 1.82) is 0 Å². The Morgan fingerprint density at radius 3 is 2.67 bits per heavy atom. The molecule has 1 aromatic heterocycles. The predicted molar refractivity (Wildman–Crippen MR) is 70.7 cm³/mol. The number of hydrogen-bond acceptors (Lipinski definition) is 1. The third-order valence-electron chi connectivity index (χ3n) is 4.35. The molecule has 3 rings (SSSR count). The second-order valence-electron chi connectivity index (χ2n) is 5.40. The fourth-order valence-corrected chi connectivity index (χ4v) is 2.78. The number of carbonyl (C=O) groups is 1. The number of nitrogens with zero attached hydrogens (tertiary/aromatic N) is 1. The topological polar surface area (TPSA) is 42.2 Å². The van der Waals surface area contributed by atoms with Crippen LogP contribution in [-0.2, 0) is 18.3 Å². The van der Waals surface area contributed by atoms with Crippen molar-refractivity contribution in [2.24, 2.45) is 12.5 Å². The van der Waals surface area contributed by atoms with E-state index >= 15 is 0 Å². The molecule has 1 aliphatic carbocycles. The lowest BCUT2D eigenvalue weighted by atomic mass is 9.95. The van der Waals surface area contributed by atoms with Crippen molar-refractivity contribution in [3.63, 3.8) is 0 Å². The number of aliphatic carboxylic acids is 1. The molecule has 3 heteroatoms. The van der Waals surface area contributed by atoms with E-state index in [4.69, 9.17) is 0 Å². The van der Waals surface area contributed by atoms with Gasteiger partial charge in [0, 0.05) is 23.6 Å². The van der Waals surface area contributed by atoms with Gasteiger partial charge >= 0.3 is 5.97 Å². The van der Waals surface area contributed by atoms with Gasteiger partial charge in [-0.15, -0.1) is 0 Å². The van der Waals surface area contributed by atoms with E-state index in [1.54, 1.807) is 0 Å². The fraction of sp³-hybridized carbons (Fsp3) is 0.400. The van der Waals surface area contributed by atoms with Crippen molar-refractivity contribution in [2.75, 3.05) is 0 Å². The summed E-state index contributed by atoms with van der Waals surface area (Å²) in [5.41, 5.74) is 3.08. The van der Waals surface area contributed by atoms with Gasteiger partial charge in [0.15, 0.2) is 0 Å². The standard InChI is InChI=1S/C15H17NO2/c1-10-12(9-15(7-8-15)14(17)18)11-5-3-4-6-13(11)16(10)2/h3-6H,7-9H2,1-2H3,(H,17,18). The Morgan fingerprint density at radius 1 is 1.39 bits per heavy atom. The van der Waals surface area contributed by atoms with Crippen molar-refractivity contribution in [2.45, 2.75) is 26.2 Å². The van der Waals surface area contributed by atoms with Crippen LogP contribution in [0.4, 0.5) is 0 Å². The maximum absolute atomic E-state index is 11.3. The van der Waals surface area contributed by atoms with Gasteiger partial charge in [-0.25, -0.2) is 0 Å². The van der Waals surface area contributed by atoms with E-state index in [0.717, 1.165) is 12.8 Å². The molecule has 1 heterocycles. The minimum absolute atomic E-state index is 0.491. The Bertz CT molecular complexity index is 635. The molecule has 0 saturated heterocycles. The highest BCUT2D eigenvalue weighted by Gasteiger charge is 2.50. The highest BCUT2D eigenvalue weighted by atomic mass is 16.4. The average Bonchev–Trinajstić information content (AvgIpc) is 3.11. The number of rotatable bonds is 3. The highest BCUT2D eigenvalue weighted by Crippen LogP contribution is 2.50. The smallest absolute Gasteiger partial charge is 0.309 e. The molecular formula is C15H17NO2. The predicted octanol–water partition coefficient (Wildman–Crippen LogP) is 2.89. The van der Waals surface area contributed by atoms with Crippen LogP contribution in [0.5, 0.6) is 0 Å². The normalized spacial score (nSPS) is 17.0. The van der Waals surface area contributed by atoms with Crippen LogP contribution < -0.4 is 0 Å². The lowest BCUT2D eigenvalue weighted by molar-refractivity contribution is -0.143. The first-order valence-corrected chi connectivity index (χ1v) is 6.31. The van der Waals surface area contributed by atoms with Gasteiger partial charge in [-0.3, -0.25) is 4.79 Å². The van der Waals surface area contributed by atoms with Gasteiger partial charge in [-0.05, 0) is 37.8 Å². The van der Waals surface area contributed by atoms with Crippen LogP contribution in [-0.4, -0.2) is 15.6 Å². The van der Waals surface area contributed by atoms with Gasteiger partial charge in [0.05, 0.1) is 5.41 Å². The summed E-state index contributed by atoms with van der Waals surface area (Å²) in [7, 11) is 2.04. The Labute approximate surface area is 106 Å². The van der Waals surface area contributed by atoms with Crippen LogP contribution in [0.3, 0.4) is 0 Å². The molecule has 0 bridgehead atoms. The summed E-state index contributed by atoms with van der Waals surface area (Å²) in [4.78, 5) is 11.3. The summed E-state index contributed by atoms with van der Waals surface area (Å²) >= 11 is 0. The molecule has 0 spiro atoms. The van der Waals surface area contributed by atoms with E-state index in [-0.39, 0.29) is 0 Å². The molecule has 1 fully saturated rings. The first kappa shape index (κ1) is 11.3. The lowest BCUT2D eigenvalue weighted by Crippen LogP contribution is -2.18. The van der Waals surface area contributed by atoms with E-state index in [1.165, 1.54) is 22.2 Å². The molecule has 0 amide bonds. The van der Waals surface area contributed by atoms with Crippen LogP contribution in [0.2, 0.25) is 0 Å². The molecule has 1 aromatic carbocycles. The number of benzene rings is 1. The summed E-state index contributed by atoms with van der Waals surface area (Å²) in [6.07, 6.45) is 2.28. The summed E-state index contributed by atoms with van der Waals surface area (Å²) in [6.45, 7) is 2.08. The molecule has 3 nitrogen and oxygen atoms in total. The summed E-state index contributed by atoms with van der Waals surface area (Å²) in [5.74, 6) is -0.644. The Kier molecular flexibility index (Phi) is 2.27. The highest BCUT2D eigenvalue weighted by molar-refractivity contribution is 5.87. The quantitative estimate of drug-likeness (QED) is 0.900. The largest absolute Gasteiger partial charge is 0.481 e. The molecule has 1 saturated carbocycles. The molecule has 94 valence electrons. The maximum Gasteiger partial charge on any atom is 0.309 e. The van der Waals surface area contributed by atoms with E-state index in [9.17, 15) is 9.90 Å². The van der Waals surface area contributed by atoms with E-state index in [0.29, 0.717) is 6.42 Å². The monoisotopic (exact) mass is 243 g/mol. The number of para-hydroxylation sites is 1. The van der Waals surface area contributed by atoms with Gasteiger partial charge in [0.1, 0.15) is 0 Å². The van der Waals surface area contributed by atoms with Crippen LogP contribution in [0.15, 0.2) is 24.3 Å². The molecule has 2 aromatic rings. The van der Waals surface area contributed by atoms with Gasteiger partial charge in [0.2, 0.25) is 0 Å². The second-order valence-corrected chi connectivity index (χ2v) is 5.40. The Hall–Kier alpha value is -1.77. The minimum Gasteiger partial charge on any atom is -0.481 e. The molecule has 0 unspecified atom stereocenters. The molecule has 1 aliphatic rings. The second kappa shape index (κ2) is 3.61. The summed E-state index contributed by atoms with van der Waals surface area (Å²) in [6, 6.07) is 8.23. The molecular weight excluding hydrogens is 226 g/mol. The van der Waals surface area contributed by atoms with Crippen molar-refractivity contribution in [1.82, 2.24) is 4.57 Å². The third kappa shape index (κ3) is 1.47. The van der Waals surface area contributed by atoms with Crippen LogP contribution in [0.1, 0.15) is 24.1 Å². The van der Waals surface area contributed by atoms with E-state index < -0.39 is 11.4 Å². The summed E-state index contributed by atoms with van der Waals surface area (Å²) < 4.78 is 2.16. The third-order valence-corrected chi connectivity index (χ3v) is 4.35. The number of carboxylic acids is 1. The van der Waals surface area contributed by atoms with Crippen LogP contribution in [0.25, 0.3) is 10.9 Å². The average molecular weight is 243 g/mol. The first-order valence-electron chi connectivity index (χ1n) is 6.31. The number of aryl methyl sites for hydroxylation is 1. The molecule has 0 atom stereocenters. The van der Waals surface area contributed by atoms with Gasteiger partial charge in [0.25, 0.3) is 0 Å². The number of fused-ring (bicyclic) bond motifs is 1. The fourth-order valence-electron chi connectivity index (χ4n) is 2.78. The number of hydrogen-bond donors (Lipinski definition) is 1. The molecule has 0 aliphatic heterocycles. The Morgan fingerprint density at radius 2 is 2.06 bits per heavy atom. The Balaban J connectivity index is 2.12. The first-order chi connectivity index (χ1) is 8.55. The van der Waals surface area contributed by atoms with Crippen molar-refractivity contribution < 1.29 is 9.90 Å². The molecule has 0 radical (unpaired) electrons. The van der Waals surface area contributed by atoms with Crippen molar-refractivity contribution in [3.8, 4) is 0 Å². The van der Waals surface area contributed by atoms with Gasteiger partial charge in [-0.1, -0.05) is 18.2 Å². The van der Waals surface area contributed by atoms with Crippen LogP contribution >= 0.6 is 0 Å². The SMILES string of the molecule is Cc1c(CC2(C(=O)O)CC2)c2ccccc2n1C. The molecule has 18 heavy (non-hydrogen) atoms. The minimum atomic E-state index is -0.644. The zero-order chi connectivity index (χ0) is 12.9. The van der Waals surface area contributed by atoms with E-state index in [2.05, 4.69) is 23.6 Å². The van der Waals surface area contributed by atoms with Gasteiger partial charge in [-0.2, -0.15) is 0 Å². The number of carboxylic acid groups (broad SMARTS) is 1.